The minimum absolute atomic E-state index is 0.175. The van der Waals surface area contributed by atoms with Crippen LogP contribution in [0, 0.1) is 11.8 Å². The molecular formula is C12H21NO3. The molecule has 0 spiro atoms. The van der Waals surface area contributed by atoms with Gasteiger partial charge in [0, 0.05) is 19.2 Å². The van der Waals surface area contributed by atoms with E-state index in [1.165, 1.54) is 12.8 Å². The molecule has 0 aromatic rings. The molecular weight excluding hydrogens is 206 g/mol. The molecule has 16 heavy (non-hydrogen) atoms. The number of carboxylic acids is 1. The van der Waals surface area contributed by atoms with Crippen molar-refractivity contribution in [2.45, 2.75) is 32.2 Å². The highest BCUT2D eigenvalue weighted by atomic mass is 16.5. The van der Waals surface area contributed by atoms with E-state index in [1.54, 1.807) is 0 Å². The van der Waals surface area contributed by atoms with Crippen LogP contribution in [0.5, 0.6) is 0 Å². The van der Waals surface area contributed by atoms with Crippen molar-refractivity contribution in [2.24, 2.45) is 11.8 Å². The summed E-state index contributed by atoms with van der Waals surface area (Å²) in [5.74, 6) is 0.536. The second-order valence-electron chi connectivity index (χ2n) is 5.13. The van der Waals surface area contributed by atoms with Crippen LogP contribution in [0.4, 0.5) is 0 Å². The molecule has 2 aliphatic rings. The minimum Gasteiger partial charge on any atom is -0.480 e. The number of ether oxygens (including phenoxy) is 1. The number of nitrogens with zero attached hydrogens (tertiary/aromatic N) is 1. The number of carboxylic acid groups (broad SMARTS) is 1. The summed E-state index contributed by atoms with van der Waals surface area (Å²) in [5.41, 5.74) is 0. The van der Waals surface area contributed by atoms with E-state index in [4.69, 9.17) is 9.84 Å². The first kappa shape index (κ1) is 11.9. The van der Waals surface area contributed by atoms with Gasteiger partial charge in [-0.2, -0.15) is 0 Å². The number of hydrogen-bond acceptors (Lipinski definition) is 3. The molecule has 0 amide bonds. The third kappa shape index (κ3) is 3.19. The molecule has 92 valence electrons. The lowest BCUT2D eigenvalue weighted by Gasteiger charge is -2.31. The Kier molecular flexibility index (Phi) is 3.82. The van der Waals surface area contributed by atoms with E-state index in [0.717, 1.165) is 32.1 Å². The highest BCUT2D eigenvalue weighted by molar-refractivity contribution is 5.69. The molecule has 1 aliphatic carbocycles. The summed E-state index contributed by atoms with van der Waals surface area (Å²) in [7, 11) is 0. The van der Waals surface area contributed by atoms with Crippen LogP contribution in [-0.4, -0.2) is 48.3 Å². The topological polar surface area (TPSA) is 49.8 Å². The first-order valence-electron chi connectivity index (χ1n) is 6.20. The SMILES string of the molecule is CC(C1CCOC1)N(CC(=O)O)CC1CC1. The van der Waals surface area contributed by atoms with Gasteiger partial charge < -0.3 is 9.84 Å². The molecule has 0 radical (unpaired) electrons. The Balaban J connectivity index is 1.89. The second kappa shape index (κ2) is 5.15. The van der Waals surface area contributed by atoms with Gasteiger partial charge >= 0.3 is 5.97 Å². The lowest BCUT2D eigenvalue weighted by Crippen LogP contribution is -2.43. The first-order valence-corrected chi connectivity index (χ1v) is 6.20. The highest BCUT2D eigenvalue weighted by Gasteiger charge is 2.32. The highest BCUT2D eigenvalue weighted by Crippen LogP contribution is 2.31. The van der Waals surface area contributed by atoms with E-state index in [-0.39, 0.29) is 6.54 Å². The van der Waals surface area contributed by atoms with E-state index < -0.39 is 5.97 Å². The van der Waals surface area contributed by atoms with Gasteiger partial charge in [0.25, 0.3) is 0 Å². The van der Waals surface area contributed by atoms with Crippen LogP contribution in [0.3, 0.4) is 0 Å². The van der Waals surface area contributed by atoms with Gasteiger partial charge in [0.05, 0.1) is 13.2 Å². The molecule has 4 heteroatoms. The lowest BCUT2D eigenvalue weighted by molar-refractivity contribution is -0.139. The van der Waals surface area contributed by atoms with Crippen molar-refractivity contribution in [1.82, 2.24) is 4.90 Å². The Hall–Kier alpha value is -0.610. The van der Waals surface area contributed by atoms with Crippen LogP contribution in [0.1, 0.15) is 26.2 Å². The molecule has 1 saturated heterocycles. The maximum Gasteiger partial charge on any atom is 0.317 e. The van der Waals surface area contributed by atoms with Crippen molar-refractivity contribution < 1.29 is 14.6 Å². The van der Waals surface area contributed by atoms with Crippen molar-refractivity contribution in [3.8, 4) is 0 Å². The fourth-order valence-electron chi connectivity index (χ4n) is 2.41. The molecule has 1 aliphatic heterocycles. The Morgan fingerprint density at radius 2 is 2.25 bits per heavy atom. The standard InChI is InChI=1S/C12H21NO3/c1-9(11-4-5-16-8-11)13(7-12(14)15)6-10-2-3-10/h9-11H,2-8H2,1H3,(H,14,15). The molecule has 1 heterocycles. The number of carbonyl (C=O) groups is 1. The smallest absolute Gasteiger partial charge is 0.317 e. The van der Waals surface area contributed by atoms with Crippen LogP contribution < -0.4 is 0 Å². The van der Waals surface area contributed by atoms with Crippen molar-refractivity contribution in [3.63, 3.8) is 0 Å². The van der Waals surface area contributed by atoms with Crippen LogP contribution >= 0.6 is 0 Å². The van der Waals surface area contributed by atoms with Crippen LogP contribution in [0.15, 0.2) is 0 Å². The van der Waals surface area contributed by atoms with Gasteiger partial charge in [-0.3, -0.25) is 9.69 Å². The number of aliphatic carboxylic acids is 1. The summed E-state index contributed by atoms with van der Waals surface area (Å²) in [6.07, 6.45) is 3.61. The van der Waals surface area contributed by atoms with E-state index >= 15 is 0 Å². The molecule has 0 aromatic carbocycles. The van der Waals surface area contributed by atoms with Crippen LogP contribution in [-0.2, 0) is 9.53 Å². The molecule has 1 N–H and O–H groups in total. The van der Waals surface area contributed by atoms with Gasteiger partial charge in [-0.05, 0) is 38.0 Å². The summed E-state index contributed by atoms with van der Waals surface area (Å²) >= 11 is 0. The second-order valence-corrected chi connectivity index (χ2v) is 5.13. The van der Waals surface area contributed by atoms with E-state index in [9.17, 15) is 4.79 Å². The molecule has 4 nitrogen and oxygen atoms in total. The number of hydrogen-bond donors (Lipinski definition) is 1. The maximum atomic E-state index is 10.9. The predicted molar refractivity (Wildman–Crippen MR) is 60.3 cm³/mol. The first-order chi connectivity index (χ1) is 7.66. The average Bonchev–Trinajstić information content (AvgIpc) is 2.88. The van der Waals surface area contributed by atoms with Gasteiger partial charge in [-0.1, -0.05) is 0 Å². The molecule has 2 unspecified atom stereocenters. The van der Waals surface area contributed by atoms with E-state index in [2.05, 4.69) is 11.8 Å². The third-order valence-electron chi connectivity index (χ3n) is 3.75. The van der Waals surface area contributed by atoms with E-state index in [1.807, 2.05) is 0 Å². The summed E-state index contributed by atoms with van der Waals surface area (Å²) < 4.78 is 5.38. The van der Waals surface area contributed by atoms with Gasteiger partial charge in [-0.25, -0.2) is 0 Å². The molecule has 2 atom stereocenters. The third-order valence-corrected chi connectivity index (χ3v) is 3.75. The van der Waals surface area contributed by atoms with Crippen molar-refractivity contribution >= 4 is 5.97 Å². The zero-order valence-corrected chi connectivity index (χ0v) is 9.89. The summed E-state index contributed by atoms with van der Waals surface area (Å²) in [4.78, 5) is 13.0. The minimum atomic E-state index is -0.716. The summed E-state index contributed by atoms with van der Waals surface area (Å²) in [5, 5.41) is 8.94. The quantitative estimate of drug-likeness (QED) is 0.741. The van der Waals surface area contributed by atoms with Gasteiger partial charge in [0.1, 0.15) is 0 Å². The Morgan fingerprint density at radius 3 is 2.75 bits per heavy atom. The zero-order valence-electron chi connectivity index (χ0n) is 9.89. The normalized spacial score (nSPS) is 27.2. The number of rotatable bonds is 6. The zero-order chi connectivity index (χ0) is 11.5. The molecule has 2 rings (SSSR count). The van der Waals surface area contributed by atoms with Gasteiger partial charge in [0.2, 0.25) is 0 Å². The fourth-order valence-corrected chi connectivity index (χ4v) is 2.41. The maximum absolute atomic E-state index is 10.9. The predicted octanol–water partition coefficient (Wildman–Crippen LogP) is 1.21. The van der Waals surface area contributed by atoms with Gasteiger partial charge in [0.15, 0.2) is 0 Å². The summed E-state index contributed by atoms with van der Waals surface area (Å²) in [6, 6.07) is 0.333. The van der Waals surface area contributed by atoms with Crippen LogP contribution in [0.2, 0.25) is 0 Å². The van der Waals surface area contributed by atoms with E-state index in [0.29, 0.717) is 12.0 Å². The molecule has 2 fully saturated rings. The molecule has 0 aromatic heterocycles. The van der Waals surface area contributed by atoms with Crippen LogP contribution in [0.25, 0.3) is 0 Å². The monoisotopic (exact) mass is 227 g/mol. The Morgan fingerprint density at radius 1 is 1.50 bits per heavy atom. The molecule has 0 bridgehead atoms. The van der Waals surface area contributed by atoms with Gasteiger partial charge in [-0.15, -0.1) is 0 Å². The Labute approximate surface area is 96.6 Å². The van der Waals surface area contributed by atoms with Crippen molar-refractivity contribution in [3.05, 3.63) is 0 Å². The fraction of sp³-hybridized carbons (Fsp3) is 0.917. The van der Waals surface area contributed by atoms with Crippen molar-refractivity contribution in [2.75, 3.05) is 26.3 Å². The van der Waals surface area contributed by atoms with Crippen molar-refractivity contribution in [1.29, 1.82) is 0 Å². The molecule has 1 saturated carbocycles. The average molecular weight is 227 g/mol. The summed E-state index contributed by atoms with van der Waals surface area (Å²) in [6.45, 7) is 4.89. The Bertz CT molecular complexity index is 247. The largest absolute Gasteiger partial charge is 0.480 e. The lowest BCUT2D eigenvalue weighted by atomic mass is 9.99.